The van der Waals surface area contributed by atoms with Crippen LogP contribution in [0.25, 0.3) is 12.2 Å². The fourth-order valence-corrected chi connectivity index (χ4v) is 2.18. The van der Waals surface area contributed by atoms with Gasteiger partial charge in [0, 0.05) is 18.6 Å². The van der Waals surface area contributed by atoms with Crippen LogP contribution in [0.2, 0.25) is 0 Å². The van der Waals surface area contributed by atoms with E-state index < -0.39 is 0 Å². The molecule has 0 aliphatic heterocycles. The summed E-state index contributed by atoms with van der Waals surface area (Å²) >= 11 is 0. The van der Waals surface area contributed by atoms with Gasteiger partial charge in [-0.25, -0.2) is 4.57 Å². The second-order valence-electron chi connectivity index (χ2n) is 5.18. The highest BCUT2D eigenvalue weighted by molar-refractivity contribution is 5.69. The number of hydrogen-bond donors (Lipinski definition) is 0. The molecule has 0 N–H and O–H groups in total. The van der Waals surface area contributed by atoms with Gasteiger partial charge < -0.3 is 4.74 Å². The number of nitrogens with zero attached hydrogens (tertiary/aromatic N) is 1. The molecule has 0 saturated carbocycles. The highest BCUT2D eigenvalue weighted by Crippen LogP contribution is 2.13. The minimum absolute atomic E-state index is 0.889. The maximum absolute atomic E-state index is 5.16. The van der Waals surface area contributed by atoms with Crippen molar-refractivity contribution < 1.29 is 9.30 Å². The van der Waals surface area contributed by atoms with E-state index in [2.05, 4.69) is 60.3 Å². The van der Waals surface area contributed by atoms with Crippen molar-refractivity contribution in [2.45, 2.75) is 32.7 Å². The van der Waals surface area contributed by atoms with Crippen molar-refractivity contribution in [3.8, 4) is 5.75 Å². The predicted octanol–water partition coefficient (Wildman–Crippen LogP) is 4.34. The molecule has 21 heavy (non-hydrogen) atoms. The zero-order valence-corrected chi connectivity index (χ0v) is 13.0. The molecular formula is C19H24NO+. The minimum Gasteiger partial charge on any atom is -0.497 e. The van der Waals surface area contributed by atoms with E-state index >= 15 is 0 Å². The summed E-state index contributed by atoms with van der Waals surface area (Å²) < 4.78 is 7.41. The molecule has 2 rings (SSSR count). The molecule has 2 heteroatoms. The second kappa shape index (κ2) is 8.25. The predicted molar refractivity (Wildman–Crippen MR) is 88.1 cm³/mol. The summed E-state index contributed by atoms with van der Waals surface area (Å²) in [7, 11) is 1.69. The Hall–Kier alpha value is -2.09. The Bertz CT molecular complexity index is 555. The lowest BCUT2D eigenvalue weighted by Crippen LogP contribution is -2.32. The topological polar surface area (TPSA) is 13.1 Å². The van der Waals surface area contributed by atoms with Crippen molar-refractivity contribution in [1.29, 1.82) is 0 Å². The SMILES string of the molecule is CCCCC[n+]1ccc(/C=C/c2ccc(OC)cc2)cc1. The monoisotopic (exact) mass is 282 g/mol. The van der Waals surface area contributed by atoms with E-state index in [1.54, 1.807) is 7.11 Å². The van der Waals surface area contributed by atoms with Gasteiger partial charge in [0.25, 0.3) is 0 Å². The number of rotatable bonds is 7. The Morgan fingerprint density at radius 1 is 0.905 bits per heavy atom. The van der Waals surface area contributed by atoms with Crippen LogP contribution in [0.4, 0.5) is 0 Å². The third kappa shape index (κ3) is 5.07. The zero-order valence-electron chi connectivity index (χ0n) is 13.0. The first-order valence-corrected chi connectivity index (χ1v) is 7.63. The first-order chi connectivity index (χ1) is 10.3. The van der Waals surface area contributed by atoms with E-state index in [1.165, 1.54) is 30.4 Å². The van der Waals surface area contributed by atoms with Crippen LogP contribution in [0.1, 0.15) is 37.3 Å². The van der Waals surface area contributed by atoms with Crippen LogP contribution in [-0.4, -0.2) is 7.11 Å². The zero-order chi connectivity index (χ0) is 14.9. The lowest BCUT2D eigenvalue weighted by molar-refractivity contribution is -0.697. The quantitative estimate of drug-likeness (QED) is 0.544. The molecule has 0 amide bonds. The number of aromatic nitrogens is 1. The van der Waals surface area contributed by atoms with Gasteiger partial charge in [0.1, 0.15) is 12.3 Å². The minimum atomic E-state index is 0.889. The summed E-state index contributed by atoms with van der Waals surface area (Å²) in [6.45, 7) is 3.34. The lowest BCUT2D eigenvalue weighted by atomic mass is 10.1. The van der Waals surface area contributed by atoms with Crippen molar-refractivity contribution in [1.82, 2.24) is 0 Å². The van der Waals surface area contributed by atoms with Gasteiger partial charge in [0.15, 0.2) is 12.4 Å². The normalized spacial score (nSPS) is 11.0. The van der Waals surface area contributed by atoms with Crippen LogP contribution in [0.3, 0.4) is 0 Å². The van der Waals surface area contributed by atoms with Crippen molar-refractivity contribution in [3.63, 3.8) is 0 Å². The highest BCUT2D eigenvalue weighted by Gasteiger charge is 1.99. The average Bonchev–Trinajstić information content (AvgIpc) is 2.55. The first-order valence-electron chi connectivity index (χ1n) is 7.63. The summed E-state index contributed by atoms with van der Waals surface area (Å²) in [5.74, 6) is 0.889. The molecule has 0 atom stereocenters. The van der Waals surface area contributed by atoms with Gasteiger partial charge in [-0.3, -0.25) is 0 Å². The van der Waals surface area contributed by atoms with Crippen molar-refractivity contribution in [2.75, 3.05) is 7.11 Å². The van der Waals surface area contributed by atoms with Gasteiger partial charge in [-0.2, -0.15) is 0 Å². The standard InChI is InChI=1S/C19H24NO/c1-3-4-5-14-20-15-12-18(13-16-20)7-6-17-8-10-19(21-2)11-9-17/h6-13,15-16H,3-5,14H2,1-2H3/q+1/b7-6+. The van der Waals surface area contributed by atoms with Gasteiger partial charge in [0.05, 0.1) is 7.11 Å². The van der Waals surface area contributed by atoms with Gasteiger partial charge in [-0.15, -0.1) is 0 Å². The molecule has 1 aromatic heterocycles. The van der Waals surface area contributed by atoms with Gasteiger partial charge in [-0.1, -0.05) is 37.6 Å². The van der Waals surface area contributed by atoms with Crippen LogP contribution in [0.15, 0.2) is 48.8 Å². The van der Waals surface area contributed by atoms with E-state index in [-0.39, 0.29) is 0 Å². The molecule has 110 valence electrons. The third-order valence-electron chi connectivity index (χ3n) is 3.52. The fourth-order valence-electron chi connectivity index (χ4n) is 2.18. The number of aryl methyl sites for hydroxylation is 1. The summed E-state index contributed by atoms with van der Waals surface area (Å²) in [6.07, 6.45) is 12.4. The molecule has 0 aliphatic carbocycles. The van der Waals surface area contributed by atoms with Crippen molar-refractivity contribution >= 4 is 12.2 Å². The number of methoxy groups -OCH3 is 1. The molecule has 0 bridgehead atoms. The number of unbranched alkanes of at least 4 members (excludes halogenated alkanes) is 2. The number of benzene rings is 1. The van der Waals surface area contributed by atoms with Gasteiger partial charge in [-0.05, 0) is 29.7 Å². The van der Waals surface area contributed by atoms with Crippen LogP contribution in [-0.2, 0) is 6.54 Å². The largest absolute Gasteiger partial charge is 0.497 e. The number of pyridine rings is 1. The molecule has 1 heterocycles. The Kier molecular flexibility index (Phi) is 6.01. The number of hydrogen-bond acceptors (Lipinski definition) is 1. The second-order valence-corrected chi connectivity index (χ2v) is 5.18. The van der Waals surface area contributed by atoms with Crippen LogP contribution < -0.4 is 9.30 Å². The summed E-state index contributed by atoms with van der Waals surface area (Å²) in [5.41, 5.74) is 2.40. The van der Waals surface area contributed by atoms with E-state index in [0.717, 1.165) is 12.3 Å². The molecule has 0 aliphatic rings. The van der Waals surface area contributed by atoms with Crippen LogP contribution >= 0.6 is 0 Å². The number of ether oxygens (including phenoxy) is 1. The summed E-state index contributed by atoms with van der Waals surface area (Å²) in [6, 6.07) is 12.4. The van der Waals surface area contributed by atoms with Gasteiger partial charge >= 0.3 is 0 Å². The molecule has 0 spiro atoms. The molecule has 2 nitrogen and oxygen atoms in total. The van der Waals surface area contributed by atoms with Gasteiger partial charge in [0.2, 0.25) is 0 Å². The summed E-state index contributed by atoms with van der Waals surface area (Å²) in [5, 5.41) is 0. The van der Waals surface area contributed by atoms with Crippen LogP contribution in [0, 0.1) is 0 Å². The molecular weight excluding hydrogens is 258 g/mol. The molecule has 0 unspecified atom stereocenters. The first kappa shape index (κ1) is 15.3. The molecule has 0 radical (unpaired) electrons. The Morgan fingerprint density at radius 2 is 1.52 bits per heavy atom. The van der Waals surface area contributed by atoms with Crippen LogP contribution in [0.5, 0.6) is 5.75 Å². The fraction of sp³-hybridized carbons (Fsp3) is 0.316. The smallest absolute Gasteiger partial charge is 0.169 e. The van der Waals surface area contributed by atoms with E-state index in [4.69, 9.17) is 4.74 Å². The van der Waals surface area contributed by atoms with E-state index in [9.17, 15) is 0 Å². The van der Waals surface area contributed by atoms with E-state index in [1.807, 2.05) is 12.1 Å². The highest BCUT2D eigenvalue weighted by atomic mass is 16.5. The molecule has 2 aromatic rings. The molecule has 0 saturated heterocycles. The molecule has 0 fully saturated rings. The van der Waals surface area contributed by atoms with Crippen molar-refractivity contribution in [3.05, 3.63) is 59.9 Å². The molecule has 1 aromatic carbocycles. The van der Waals surface area contributed by atoms with E-state index in [0.29, 0.717) is 0 Å². The Labute approximate surface area is 127 Å². The lowest BCUT2D eigenvalue weighted by Gasteiger charge is -1.99. The Morgan fingerprint density at radius 3 is 2.10 bits per heavy atom. The maximum Gasteiger partial charge on any atom is 0.169 e. The summed E-state index contributed by atoms with van der Waals surface area (Å²) in [4.78, 5) is 0. The van der Waals surface area contributed by atoms with Crippen molar-refractivity contribution in [2.24, 2.45) is 0 Å². The average molecular weight is 282 g/mol. The Balaban J connectivity index is 1.93. The third-order valence-corrected chi connectivity index (χ3v) is 3.52. The maximum atomic E-state index is 5.16.